The van der Waals surface area contributed by atoms with Gasteiger partial charge in [0.25, 0.3) is 8.38 Å². The van der Waals surface area contributed by atoms with Crippen molar-refractivity contribution >= 4 is 27.4 Å². The van der Waals surface area contributed by atoms with Gasteiger partial charge < -0.3 is 18.5 Å². The van der Waals surface area contributed by atoms with E-state index in [-0.39, 0.29) is 32.5 Å². The van der Waals surface area contributed by atoms with Crippen LogP contribution in [0.15, 0.2) is 91.0 Å². The normalized spacial score (nSPS) is 14.0. The van der Waals surface area contributed by atoms with Crippen molar-refractivity contribution in [2.24, 2.45) is 0 Å². The molecule has 6 heteroatoms. The lowest BCUT2D eigenvalue weighted by Gasteiger charge is -2.34. The lowest BCUT2D eigenvalue weighted by molar-refractivity contribution is 0.465. The molecule has 0 saturated heterocycles. The quantitative estimate of drug-likeness (QED) is 0.155. The van der Waals surface area contributed by atoms with Crippen LogP contribution in [0.5, 0.6) is 17.2 Å². The van der Waals surface area contributed by atoms with Crippen molar-refractivity contribution in [3.8, 4) is 39.5 Å². The maximum absolute atomic E-state index is 12.6. The molecule has 0 heterocycles. The lowest BCUT2D eigenvalue weighted by atomic mass is 9.80. The van der Waals surface area contributed by atoms with Gasteiger partial charge in [0.2, 0.25) is 0 Å². The Hall–Kier alpha value is -3.68. The largest absolute Gasteiger partial charge is 0.444 e. The minimum absolute atomic E-state index is 0.0384. The van der Waals surface area contributed by atoms with Crippen molar-refractivity contribution in [2.45, 2.75) is 157 Å². The third-order valence-electron chi connectivity index (χ3n) is 11.5. The Morgan fingerprint density at radius 3 is 1.12 bits per heavy atom. The zero-order valence-electron chi connectivity index (χ0n) is 39.7. The smallest absolute Gasteiger partial charge is 0.327 e. The Bertz CT molecular complexity index is 2310. The molecule has 5 aromatic carbocycles. The first-order valence-electron chi connectivity index (χ1n) is 21.5. The van der Waals surface area contributed by atoms with Crippen LogP contribution in [-0.4, -0.2) is 4.89 Å². The lowest BCUT2D eigenvalue weighted by Crippen LogP contribution is -2.32. The first kappa shape index (κ1) is 45.8. The molecule has 4 nitrogen and oxygen atoms in total. The van der Waals surface area contributed by atoms with Gasteiger partial charge in [-0.25, -0.2) is 0 Å². The van der Waals surface area contributed by atoms with E-state index in [0.29, 0.717) is 11.1 Å². The summed E-state index contributed by atoms with van der Waals surface area (Å²) in [6.07, 6.45) is 0. The minimum Gasteiger partial charge on any atom is -0.444 e. The molecule has 60 heavy (non-hydrogen) atoms. The molecule has 1 aliphatic carbocycles. The zero-order chi connectivity index (χ0) is 44.5. The van der Waals surface area contributed by atoms with Gasteiger partial charge in [0, 0.05) is 22.3 Å². The zero-order valence-corrected chi connectivity index (χ0v) is 41.5. The molecule has 0 spiro atoms. The van der Waals surface area contributed by atoms with Gasteiger partial charge in [-0.1, -0.05) is 191 Å². The van der Waals surface area contributed by atoms with Crippen LogP contribution < -0.4 is 24.2 Å². The molecule has 1 atom stereocenters. The van der Waals surface area contributed by atoms with Gasteiger partial charge in [-0.2, -0.15) is 0 Å². The number of fused-ring (bicyclic) bond motifs is 4. The first-order valence-corrected chi connectivity index (χ1v) is 23.9. The molecule has 0 radical (unpaired) electrons. The van der Waals surface area contributed by atoms with Crippen LogP contribution in [0, 0.1) is 0 Å². The number of hydrogen-bond donors (Lipinski definition) is 1. The molecule has 0 fully saturated rings. The summed E-state index contributed by atoms with van der Waals surface area (Å²) in [4.78, 5) is 12.6. The summed E-state index contributed by atoms with van der Waals surface area (Å²) < 4.78 is 21.7. The van der Waals surface area contributed by atoms with Crippen LogP contribution in [0.2, 0.25) is 0 Å². The predicted octanol–water partition coefficient (Wildman–Crippen LogP) is 15.2. The topological polar surface area (TPSA) is 47.9 Å². The predicted molar refractivity (Wildman–Crippen MR) is 260 cm³/mol. The molecule has 1 unspecified atom stereocenters. The fourth-order valence-electron chi connectivity index (χ4n) is 7.71. The highest BCUT2D eigenvalue weighted by Gasteiger charge is 2.39. The summed E-state index contributed by atoms with van der Waals surface area (Å²) >= 11 is 0. The van der Waals surface area contributed by atoms with Crippen LogP contribution in [0.4, 0.5) is 0 Å². The van der Waals surface area contributed by atoms with E-state index < -0.39 is 16.8 Å². The van der Waals surface area contributed by atoms with Crippen molar-refractivity contribution in [1.82, 2.24) is 0 Å². The Kier molecular flexibility index (Phi) is 12.1. The minimum atomic E-state index is -2.18. The standard InChI is InChI=1S/C54H70O4P2/c1-49(2,3)34-23-27-43(40(31-34)52(10,11)12)56-59(55)46-30-26-39-37-21-19-20-22-38(37)47(39)48(46)60(57-44-28-24-35(50(4,5)6)32-41(44)53(13,14)15)58-45-29-25-36(51(7,8)9)33-42(45)54(16,17)18/h19-33,55H,1-18H3. The van der Waals surface area contributed by atoms with Crippen LogP contribution in [-0.2, 0) is 32.5 Å². The van der Waals surface area contributed by atoms with E-state index in [4.69, 9.17) is 13.6 Å². The van der Waals surface area contributed by atoms with E-state index in [1.807, 2.05) is 12.1 Å². The third kappa shape index (κ3) is 9.53. The molecule has 0 saturated carbocycles. The monoisotopic (exact) mass is 844 g/mol. The average Bonchev–Trinajstić information content (AvgIpc) is 3.10. The van der Waals surface area contributed by atoms with Gasteiger partial charge in [-0.3, -0.25) is 0 Å². The highest BCUT2D eigenvalue weighted by Crippen LogP contribution is 2.55. The molecule has 1 N–H and O–H groups in total. The number of hydrogen-bond acceptors (Lipinski definition) is 4. The maximum atomic E-state index is 12.6. The Labute approximate surface area is 365 Å². The molecular formula is C54H70O4P2. The molecule has 1 aliphatic rings. The molecule has 6 rings (SSSR count). The van der Waals surface area contributed by atoms with Crippen molar-refractivity contribution in [3.63, 3.8) is 0 Å². The second-order valence-corrected chi connectivity index (χ2v) is 25.4. The van der Waals surface area contributed by atoms with Crippen molar-refractivity contribution in [3.05, 3.63) is 124 Å². The van der Waals surface area contributed by atoms with E-state index in [1.54, 1.807) is 0 Å². The number of benzene rings is 5. The van der Waals surface area contributed by atoms with Gasteiger partial charge >= 0.3 is 8.38 Å². The van der Waals surface area contributed by atoms with Crippen LogP contribution in [0.1, 0.15) is 158 Å². The summed E-state index contributed by atoms with van der Waals surface area (Å²) in [6.45, 7) is 40.2. The molecule has 320 valence electrons. The molecule has 0 aromatic heterocycles. The Balaban J connectivity index is 1.61. The van der Waals surface area contributed by atoms with Gasteiger partial charge in [-0.15, -0.1) is 0 Å². The van der Waals surface area contributed by atoms with E-state index in [1.165, 1.54) is 22.3 Å². The first-order chi connectivity index (χ1) is 27.5. The fraction of sp³-hybridized carbons (Fsp3) is 0.444. The van der Waals surface area contributed by atoms with Gasteiger partial charge in [0.1, 0.15) is 17.2 Å². The fourth-order valence-corrected chi connectivity index (χ4v) is 10.7. The summed E-state index contributed by atoms with van der Waals surface area (Å²) in [5.41, 5.74) is 10.7. The van der Waals surface area contributed by atoms with Crippen LogP contribution >= 0.6 is 16.8 Å². The third-order valence-corrected chi connectivity index (χ3v) is 14.4. The van der Waals surface area contributed by atoms with Crippen molar-refractivity contribution in [2.75, 3.05) is 0 Å². The molecule has 5 aromatic rings. The summed E-state index contributed by atoms with van der Waals surface area (Å²) in [7, 11) is -4.11. The van der Waals surface area contributed by atoms with Crippen LogP contribution in [0.25, 0.3) is 22.3 Å². The summed E-state index contributed by atoms with van der Waals surface area (Å²) in [5.74, 6) is 2.24. The Morgan fingerprint density at radius 2 is 0.750 bits per heavy atom. The molecular weight excluding hydrogens is 775 g/mol. The SMILES string of the molecule is CC(C)(C)c1ccc(OP(O)c2ccc3c(c2P(Oc2ccc(C(C)(C)C)cc2C(C)(C)C)Oc2ccc(C(C)(C)C)cc2C(C)(C)C)-c2ccccc2-3)c(C(C)(C)C)c1. The van der Waals surface area contributed by atoms with E-state index in [2.05, 4.69) is 203 Å². The Morgan fingerprint density at radius 1 is 0.383 bits per heavy atom. The summed E-state index contributed by atoms with van der Waals surface area (Å²) in [6, 6.07) is 32.3. The second kappa shape index (κ2) is 15.9. The highest BCUT2D eigenvalue weighted by molar-refractivity contribution is 7.63. The average molecular weight is 845 g/mol. The summed E-state index contributed by atoms with van der Waals surface area (Å²) in [5, 5.41) is 1.54. The van der Waals surface area contributed by atoms with Crippen LogP contribution in [0.3, 0.4) is 0 Å². The van der Waals surface area contributed by atoms with Gasteiger partial charge in [-0.05, 0) is 90.1 Å². The molecule has 0 amide bonds. The van der Waals surface area contributed by atoms with Gasteiger partial charge in [0.05, 0.1) is 10.6 Å². The van der Waals surface area contributed by atoms with E-state index >= 15 is 0 Å². The molecule has 0 bridgehead atoms. The van der Waals surface area contributed by atoms with Gasteiger partial charge in [0.15, 0.2) is 0 Å². The van der Waals surface area contributed by atoms with E-state index in [9.17, 15) is 4.89 Å². The van der Waals surface area contributed by atoms with Crippen molar-refractivity contribution in [1.29, 1.82) is 0 Å². The van der Waals surface area contributed by atoms with E-state index in [0.717, 1.165) is 50.2 Å². The second-order valence-electron chi connectivity index (χ2n) is 22.8. The number of rotatable bonds is 8. The highest BCUT2D eigenvalue weighted by atomic mass is 31.2. The van der Waals surface area contributed by atoms with Crippen molar-refractivity contribution < 1.29 is 18.5 Å². The molecule has 0 aliphatic heterocycles. The maximum Gasteiger partial charge on any atom is 0.327 e.